The first kappa shape index (κ1) is 15.8. The normalized spacial score (nSPS) is 13.4. The van der Waals surface area contributed by atoms with Gasteiger partial charge in [-0.1, -0.05) is 0 Å². The highest BCUT2D eigenvalue weighted by atomic mass is 16.4. The lowest BCUT2D eigenvalue weighted by Crippen LogP contribution is -2.51. The molecule has 0 unspecified atom stereocenters. The van der Waals surface area contributed by atoms with Gasteiger partial charge >= 0.3 is 11.9 Å². The third kappa shape index (κ3) is 6.43. The summed E-state index contributed by atoms with van der Waals surface area (Å²) < 4.78 is 0. The molecule has 0 aromatic carbocycles. The molecule has 102 valence electrons. The van der Waals surface area contributed by atoms with Crippen LogP contribution < -0.4 is 16.8 Å². The van der Waals surface area contributed by atoms with E-state index < -0.39 is 42.3 Å². The van der Waals surface area contributed by atoms with Crippen LogP contribution >= 0.6 is 0 Å². The number of amides is 2. The van der Waals surface area contributed by atoms with Crippen molar-refractivity contribution in [3.05, 3.63) is 0 Å². The van der Waals surface area contributed by atoms with E-state index in [4.69, 9.17) is 21.7 Å². The first-order valence-corrected chi connectivity index (χ1v) is 5.03. The molecule has 0 aliphatic carbocycles. The van der Waals surface area contributed by atoms with Crippen LogP contribution in [0.2, 0.25) is 0 Å². The summed E-state index contributed by atoms with van der Waals surface area (Å²) in [6.07, 6.45) is -1.10. The predicted octanol–water partition coefficient (Wildman–Crippen LogP) is -2.38. The van der Waals surface area contributed by atoms with Gasteiger partial charge in [0.2, 0.25) is 11.8 Å². The van der Waals surface area contributed by atoms with Crippen molar-refractivity contribution in [1.29, 1.82) is 0 Å². The Morgan fingerprint density at radius 3 is 2.06 bits per heavy atom. The minimum absolute atomic E-state index is 0.125. The van der Waals surface area contributed by atoms with E-state index in [-0.39, 0.29) is 12.8 Å². The molecular weight excluding hydrogens is 246 g/mol. The van der Waals surface area contributed by atoms with Crippen molar-refractivity contribution in [3.63, 3.8) is 0 Å². The molecular formula is C9H15N3O6. The monoisotopic (exact) mass is 261 g/mol. The van der Waals surface area contributed by atoms with Gasteiger partial charge in [0.05, 0.1) is 12.5 Å². The van der Waals surface area contributed by atoms with Gasteiger partial charge in [0, 0.05) is 6.42 Å². The summed E-state index contributed by atoms with van der Waals surface area (Å²) >= 11 is 0. The van der Waals surface area contributed by atoms with Crippen LogP contribution in [0.5, 0.6) is 0 Å². The number of carboxylic acid groups (broad SMARTS) is 2. The van der Waals surface area contributed by atoms with Crippen molar-refractivity contribution in [3.8, 4) is 0 Å². The minimum Gasteiger partial charge on any atom is -0.481 e. The lowest BCUT2D eigenvalue weighted by molar-refractivity contribution is -0.140. The molecule has 18 heavy (non-hydrogen) atoms. The molecule has 0 aromatic rings. The van der Waals surface area contributed by atoms with E-state index in [1.54, 1.807) is 0 Å². The third-order valence-electron chi connectivity index (χ3n) is 2.04. The lowest BCUT2D eigenvalue weighted by Gasteiger charge is -2.16. The van der Waals surface area contributed by atoms with Gasteiger partial charge < -0.3 is 27.0 Å². The second-order valence-corrected chi connectivity index (χ2v) is 3.60. The third-order valence-corrected chi connectivity index (χ3v) is 2.04. The van der Waals surface area contributed by atoms with E-state index in [1.807, 2.05) is 0 Å². The molecule has 0 aliphatic heterocycles. The fourth-order valence-electron chi connectivity index (χ4n) is 1.09. The maximum absolute atomic E-state index is 11.4. The zero-order chi connectivity index (χ0) is 14.3. The standard InChI is InChI=1S/C9H15N3O6/c10-4(1-2-6(13)14)9(18)12-5(8(11)17)3-7(15)16/h4-5H,1-3,10H2,(H2,11,17)(H,12,18)(H,13,14)(H,15,16)/t4-,5-/m0/s1. The number of carbonyl (C=O) groups is 4. The van der Waals surface area contributed by atoms with Crippen LogP contribution in [0.1, 0.15) is 19.3 Å². The second kappa shape index (κ2) is 7.22. The Bertz CT molecular complexity index is 356. The maximum Gasteiger partial charge on any atom is 0.305 e. The molecule has 0 rings (SSSR count). The average Bonchev–Trinajstić information content (AvgIpc) is 2.23. The van der Waals surface area contributed by atoms with Gasteiger partial charge in [0.25, 0.3) is 0 Å². The Morgan fingerprint density at radius 1 is 1.11 bits per heavy atom. The quantitative estimate of drug-likeness (QED) is 0.324. The Balaban J connectivity index is 4.36. The van der Waals surface area contributed by atoms with Gasteiger partial charge in [-0.2, -0.15) is 0 Å². The van der Waals surface area contributed by atoms with Gasteiger partial charge in [0.1, 0.15) is 6.04 Å². The van der Waals surface area contributed by atoms with Gasteiger partial charge in [-0.05, 0) is 6.42 Å². The van der Waals surface area contributed by atoms with Crippen LogP contribution in [-0.2, 0) is 19.2 Å². The first-order valence-electron chi connectivity index (χ1n) is 5.03. The largest absolute Gasteiger partial charge is 0.481 e. The molecule has 0 spiro atoms. The van der Waals surface area contributed by atoms with Crippen molar-refractivity contribution in [2.75, 3.05) is 0 Å². The molecule has 7 N–H and O–H groups in total. The maximum atomic E-state index is 11.4. The molecule has 0 aromatic heterocycles. The number of rotatable bonds is 8. The highest BCUT2D eigenvalue weighted by molar-refractivity contribution is 5.91. The number of carbonyl (C=O) groups excluding carboxylic acids is 2. The van der Waals surface area contributed by atoms with E-state index in [1.165, 1.54) is 0 Å². The Morgan fingerprint density at radius 2 is 1.67 bits per heavy atom. The summed E-state index contributed by atoms with van der Waals surface area (Å²) in [6.45, 7) is 0. The summed E-state index contributed by atoms with van der Waals surface area (Å²) in [5.74, 6) is -4.24. The SMILES string of the molecule is NC(=O)[C@H](CC(=O)O)NC(=O)[C@@H](N)CCC(=O)O. The average molecular weight is 261 g/mol. The Hall–Kier alpha value is -2.16. The second-order valence-electron chi connectivity index (χ2n) is 3.60. The molecule has 9 heteroatoms. The fourth-order valence-corrected chi connectivity index (χ4v) is 1.09. The molecule has 2 atom stereocenters. The molecule has 0 bridgehead atoms. The lowest BCUT2D eigenvalue weighted by atomic mass is 10.1. The molecule has 2 amide bonds. The summed E-state index contributed by atoms with van der Waals surface area (Å²) in [5.41, 5.74) is 10.3. The van der Waals surface area contributed by atoms with Gasteiger partial charge in [-0.3, -0.25) is 19.2 Å². The number of primary amides is 1. The molecule has 0 heterocycles. The van der Waals surface area contributed by atoms with E-state index >= 15 is 0 Å². The number of carboxylic acids is 2. The highest BCUT2D eigenvalue weighted by Crippen LogP contribution is 1.98. The van der Waals surface area contributed by atoms with Crippen molar-refractivity contribution in [1.82, 2.24) is 5.32 Å². The number of nitrogens with two attached hydrogens (primary N) is 2. The van der Waals surface area contributed by atoms with Crippen LogP contribution in [0.4, 0.5) is 0 Å². The van der Waals surface area contributed by atoms with E-state index in [0.717, 1.165) is 0 Å². The van der Waals surface area contributed by atoms with Crippen molar-refractivity contribution in [2.24, 2.45) is 11.5 Å². The number of hydrogen-bond donors (Lipinski definition) is 5. The van der Waals surface area contributed by atoms with E-state index in [0.29, 0.717) is 0 Å². The van der Waals surface area contributed by atoms with Crippen LogP contribution in [-0.4, -0.2) is 46.0 Å². The minimum atomic E-state index is -1.37. The molecule has 9 nitrogen and oxygen atoms in total. The van der Waals surface area contributed by atoms with Crippen LogP contribution in [0.15, 0.2) is 0 Å². The van der Waals surface area contributed by atoms with Crippen LogP contribution in [0.25, 0.3) is 0 Å². The number of nitrogens with one attached hydrogen (secondary N) is 1. The fraction of sp³-hybridized carbons (Fsp3) is 0.556. The molecule has 0 saturated carbocycles. The predicted molar refractivity (Wildman–Crippen MR) is 58.2 cm³/mol. The molecule has 0 fully saturated rings. The first-order chi connectivity index (χ1) is 8.23. The topological polar surface area (TPSA) is 173 Å². The van der Waals surface area contributed by atoms with Gasteiger partial charge in [-0.25, -0.2) is 0 Å². The van der Waals surface area contributed by atoms with Crippen LogP contribution in [0.3, 0.4) is 0 Å². The van der Waals surface area contributed by atoms with Gasteiger partial charge in [0.15, 0.2) is 0 Å². The van der Waals surface area contributed by atoms with Crippen molar-refractivity contribution >= 4 is 23.8 Å². The Kier molecular flexibility index (Phi) is 6.35. The zero-order valence-corrected chi connectivity index (χ0v) is 9.46. The molecule has 0 aliphatic rings. The number of aliphatic carboxylic acids is 2. The smallest absolute Gasteiger partial charge is 0.305 e. The molecule has 0 saturated heterocycles. The van der Waals surface area contributed by atoms with Crippen molar-refractivity contribution < 1.29 is 29.4 Å². The van der Waals surface area contributed by atoms with E-state index in [9.17, 15) is 19.2 Å². The Labute approximate surface area is 102 Å². The van der Waals surface area contributed by atoms with Gasteiger partial charge in [-0.15, -0.1) is 0 Å². The van der Waals surface area contributed by atoms with Crippen molar-refractivity contribution in [2.45, 2.75) is 31.3 Å². The highest BCUT2D eigenvalue weighted by Gasteiger charge is 2.24. The zero-order valence-electron chi connectivity index (χ0n) is 9.46. The number of hydrogen-bond acceptors (Lipinski definition) is 5. The summed E-state index contributed by atoms with van der Waals surface area (Å²) in [4.78, 5) is 43.0. The molecule has 0 radical (unpaired) electrons. The summed E-state index contributed by atoms with van der Waals surface area (Å²) in [7, 11) is 0. The summed E-state index contributed by atoms with van der Waals surface area (Å²) in [5, 5.41) is 18.9. The van der Waals surface area contributed by atoms with E-state index in [2.05, 4.69) is 5.32 Å². The summed E-state index contributed by atoms with van der Waals surface area (Å²) in [6, 6.07) is -2.51. The van der Waals surface area contributed by atoms with Crippen LogP contribution in [0, 0.1) is 0 Å².